The van der Waals surface area contributed by atoms with Gasteiger partial charge in [-0.3, -0.25) is 9.59 Å². The first-order valence-electron chi connectivity index (χ1n) is 13.7. The molecule has 5 atom stereocenters. The highest BCUT2D eigenvalue weighted by Gasteiger charge is 2.39. The highest BCUT2D eigenvalue weighted by atomic mass is 16.3. The molecule has 1 aromatic carbocycles. The topological polar surface area (TPSA) is 139 Å². The van der Waals surface area contributed by atoms with E-state index in [9.17, 15) is 35.1 Å². The van der Waals surface area contributed by atoms with E-state index in [0.29, 0.717) is 31.2 Å². The molecule has 0 spiro atoms. The van der Waals surface area contributed by atoms with Gasteiger partial charge in [-0.15, -0.1) is 0 Å². The molecule has 1 aliphatic rings. The molecule has 1 fully saturated rings. The third-order valence-electron chi connectivity index (χ3n) is 7.35. The average Bonchev–Trinajstić information content (AvgIpc) is 3.13. The van der Waals surface area contributed by atoms with Crippen LogP contribution in [0.4, 0.5) is 0 Å². The molecular weight excluding hydrogens is 474 g/mol. The molecule has 8 nitrogen and oxygen atoms in total. The number of carbonyl (C=O) groups excluding carboxylic acids is 2. The minimum atomic E-state index is -1.04. The molecule has 0 heterocycles. The Labute approximate surface area is 220 Å². The first-order chi connectivity index (χ1) is 17.6. The zero-order chi connectivity index (χ0) is 27.4. The summed E-state index contributed by atoms with van der Waals surface area (Å²) in [6.07, 6.45) is 9.57. The number of hydrogen-bond acceptors (Lipinski definition) is 7. The fourth-order valence-electron chi connectivity index (χ4n) is 4.93. The number of unbranched alkanes of at least 4 members (excludes halogenated alkanes) is 5. The van der Waals surface area contributed by atoms with Crippen LogP contribution >= 0.6 is 0 Å². The molecule has 8 heteroatoms. The Hall–Kier alpha value is -2.42. The Morgan fingerprint density at radius 2 is 1.81 bits per heavy atom. The van der Waals surface area contributed by atoms with E-state index in [0.717, 1.165) is 38.5 Å². The number of amides is 1. The highest BCUT2D eigenvalue weighted by Crippen LogP contribution is 2.34. The largest absolute Gasteiger partial charge is 0.504 e. The molecule has 208 valence electrons. The molecule has 0 radical (unpaired) electrons. The van der Waals surface area contributed by atoms with E-state index >= 15 is 0 Å². The lowest BCUT2D eigenvalue weighted by Crippen LogP contribution is -2.38. The number of Topliss-reactive ketones (excluding diaryl/α,β-unsaturated/α-hetero) is 1. The minimum absolute atomic E-state index is 0.0790. The second kappa shape index (κ2) is 15.7. The molecule has 5 N–H and O–H groups in total. The molecule has 1 amide bonds. The van der Waals surface area contributed by atoms with Gasteiger partial charge in [-0.25, -0.2) is 0 Å². The van der Waals surface area contributed by atoms with Gasteiger partial charge in [0.1, 0.15) is 12.0 Å². The predicted molar refractivity (Wildman–Crippen MR) is 142 cm³/mol. The maximum absolute atomic E-state index is 12.4. The number of rotatable bonds is 16. The third kappa shape index (κ3) is 10.1. The van der Waals surface area contributed by atoms with Crippen LogP contribution in [0.5, 0.6) is 11.5 Å². The number of ketones is 1. The van der Waals surface area contributed by atoms with Crippen LogP contribution in [0.1, 0.15) is 83.1 Å². The number of hydrogen-bond donors (Lipinski definition) is 5. The summed E-state index contributed by atoms with van der Waals surface area (Å²) in [6, 6.07) is 4.29. The molecule has 0 bridgehead atoms. The summed E-state index contributed by atoms with van der Waals surface area (Å²) in [4.78, 5) is 26.1. The summed E-state index contributed by atoms with van der Waals surface area (Å²) in [5.41, 5.74) is 0.605. The molecule has 1 aromatic rings. The summed E-state index contributed by atoms with van der Waals surface area (Å²) < 4.78 is 0. The van der Waals surface area contributed by atoms with Gasteiger partial charge < -0.3 is 30.4 Å². The van der Waals surface area contributed by atoms with Crippen LogP contribution in [0.15, 0.2) is 30.4 Å². The zero-order valence-electron chi connectivity index (χ0n) is 22.3. The number of carbonyl (C=O) groups is 2. The molecule has 1 saturated carbocycles. The first kappa shape index (κ1) is 30.8. The Bertz CT molecular complexity index is 887. The van der Waals surface area contributed by atoms with E-state index in [4.69, 9.17) is 0 Å². The van der Waals surface area contributed by atoms with Crippen molar-refractivity contribution in [2.75, 3.05) is 7.05 Å². The Morgan fingerprint density at radius 3 is 2.51 bits per heavy atom. The van der Waals surface area contributed by atoms with Crippen molar-refractivity contribution < 1.29 is 35.1 Å². The van der Waals surface area contributed by atoms with Gasteiger partial charge in [0.25, 0.3) is 0 Å². The lowest BCUT2D eigenvalue weighted by Gasteiger charge is -2.24. The van der Waals surface area contributed by atoms with Gasteiger partial charge in [-0.2, -0.15) is 0 Å². The van der Waals surface area contributed by atoms with Crippen molar-refractivity contribution in [1.29, 1.82) is 0 Å². The molecular formula is C29H45NO7. The van der Waals surface area contributed by atoms with Crippen LogP contribution in [-0.2, 0) is 16.0 Å². The van der Waals surface area contributed by atoms with E-state index in [1.54, 1.807) is 19.2 Å². The van der Waals surface area contributed by atoms with Crippen molar-refractivity contribution in [3.63, 3.8) is 0 Å². The van der Waals surface area contributed by atoms with Gasteiger partial charge in [0.2, 0.25) is 5.91 Å². The van der Waals surface area contributed by atoms with E-state index in [-0.39, 0.29) is 47.9 Å². The Morgan fingerprint density at radius 1 is 1.08 bits per heavy atom. The van der Waals surface area contributed by atoms with Gasteiger partial charge >= 0.3 is 0 Å². The minimum Gasteiger partial charge on any atom is -0.504 e. The maximum Gasteiger partial charge on any atom is 0.224 e. The Balaban J connectivity index is 1.69. The fourth-order valence-corrected chi connectivity index (χ4v) is 4.93. The van der Waals surface area contributed by atoms with Crippen molar-refractivity contribution in [3.05, 3.63) is 35.9 Å². The normalized spacial score (nSPS) is 21.4. The number of aromatic hydroxyl groups is 2. The SMILES string of the molecule is CCCCC[C@H](O)/C=C/[C@H]1[C@H](O)CC(=O)[C@@H]1CCCCCCC(=O)N(C)C(O)Cc1ccc(O)c(O)c1. The number of phenolic OH excluding ortho intramolecular Hbond substituents is 2. The molecule has 1 aliphatic carbocycles. The van der Waals surface area contributed by atoms with E-state index in [2.05, 4.69) is 6.92 Å². The molecule has 0 saturated heterocycles. The van der Waals surface area contributed by atoms with Gasteiger partial charge in [0.05, 0.1) is 12.2 Å². The number of benzene rings is 1. The number of phenols is 2. The number of aliphatic hydroxyl groups excluding tert-OH is 3. The van der Waals surface area contributed by atoms with E-state index in [1.807, 2.05) is 6.08 Å². The number of nitrogens with zero attached hydrogens (tertiary/aromatic N) is 1. The van der Waals surface area contributed by atoms with Gasteiger partial charge in [0, 0.05) is 38.1 Å². The van der Waals surface area contributed by atoms with Crippen LogP contribution in [0.2, 0.25) is 0 Å². The van der Waals surface area contributed by atoms with Crippen molar-refractivity contribution in [2.45, 2.75) is 102 Å². The van der Waals surface area contributed by atoms with E-state index in [1.165, 1.54) is 17.0 Å². The second-order valence-corrected chi connectivity index (χ2v) is 10.3. The van der Waals surface area contributed by atoms with Crippen LogP contribution in [-0.4, -0.2) is 67.6 Å². The summed E-state index contributed by atoms with van der Waals surface area (Å²) in [7, 11) is 1.54. The summed E-state index contributed by atoms with van der Waals surface area (Å²) in [5, 5.41) is 49.8. The lowest BCUT2D eigenvalue weighted by atomic mass is 9.88. The summed E-state index contributed by atoms with van der Waals surface area (Å²) >= 11 is 0. The van der Waals surface area contributed by atoms with Crippen LogP contribution in [0.3, 0.4) is 0 Å². The van der Waals surface area contributed by atoms with Gasteiger partial charge in [-0.1, -0.05) is 63.7 Å². The average molecular weight is 520 g/mol. The predicted octanol–water partition coefficient (Wildman–Crippen LogP) is 3.82. The summed E-state index contributed by atoms with van der Waals surface area (Å²) in [5.74, 6) is -1.07. The molecule has 37 heavy (non-hydrogen) atoms. The monoisotopic (exact) mass is 519 g/mol. The van der Waals surface area contributed by atoms with Crippen molar-refractivity contribution in [1.82, 2.24) is 4.90 Å². The van der Waals surface area contributed by atoms with Crippen molar-refractivity contribution >= 4 is 11.7 Å². The van der Waals surface area contributed by atoms with E-state index < -0.39 is 18.4 Å². The molecule has 1 unspecified atom stereocenters. The van der Waals surface area contributed by atoms with Gasteiger partial charge in [0.15, 0.2) is 11.5 Å². The smallest absolute Gasteiger partial charge is 0.224 e. The Kier molecular flexibility index (Phi) is 13.1. The molecule has 0 aromatic heterocycles. The van der Waals surface area contributed by atoms with Gasteiger partial charge in [-0.05, 0) is 37.0 Å². The third-order valence-corrected chi connectivity index (χ3v) is 7.35. The number of likely N-dealkylation sites (N-methyl/N-ethyl adjacent to an activating group) is 1. The zero-order valence-corrected chi connectivity index (χ0v) is 22.3. The lowest BCUT2D eigenvalue weighted by molar-refractivity contribution is -0.138. The first-order valence-corrected chi connectivity index (χ1v) is 13.7. The molecule has 2 rings (SSSR count). The van der Waals surface area contributed by atoms with Crippen LogP contribution < -0.4 is 0 Å². The number of aliphatic hydroxyl groups is 3. The second-order valence-electron chi connectivity index (χ2n) is 10.3. The highest BCUT2D eigenvalue weighted by molar-refractivity contribution is 5.84. The fraction of sp³-hybridized carbons (Fsp3) is 0.655. The maximum atomic E-state index is 12.4. The van der Waals surface area contributed by atoms with Crippen molar-refractivity contribution in [2.24, 2.45) is 11.8 Å². The van der Waals surface area contributed by atoms with Crippen LogP contribution in [0.25, 0.3) is 0 Å². The quantitative estimate of drug-likeness (QED) is 0.0968. The molecule has 0 aliphatic heterocycles. The standard InChI is InChI=1S/C29H45NO7/c1-3-4-7-10-21(31)14-15-23-22(25(33)19-26(23)34)11-8-5-6-9-12-28(36)30(2)29(37)18-20-13-16-24(32)27(35)17-20/h13-17,21-23,26,29,31-32,34-35,37H,3-12,18-19H2,1-2H3/b15-14+/t21-,22+,23+,26+,29?/m0/s1. The van der Waals surface area contributed by atoms with Crippen LogP contribution in [0, 0.1) is 11.8 Å². The van der Waals surface area contributed by atoms with Crippen molar-refractivity contribution in [3.8, 4) is 11.5 Å². The summed E-state index contributed by atoms with van der Waals surface area (Å²) in [6.45, 7) is 2.11.